The Kier molecular flexibility index (Phi) is 4.09. The third kappa shape index (κ3) is 3.47. The van der Waals surface area contributed by atoms with Crippen LogP contribution in [0.25, 0.3) is 0 Å². The Bertz CT molecular complexity index is 433. The molecular formula is C13H15F3N2O. The molecule has 0 spiro atoms. The highest BCUT2D eigenvalue weighted by Crippen LogP contribution is 2.26. The standard InChI is InChI=1S/C13H15F3N2O/c14-13(15,16)12(19)18-11-8-17-7-6-10(11)9-4-2-1-3-5-9/h1-5,10-11,17H,6-8H2,(H,18,19)/t10-,11-/m0/s1. The summed E-state index contributed by atoms with van der Waals surface area (Å²) in [7, 11) is 0. The van der Waals surface area contributed by atoms with Crippen LogP contribution < -0.4 is 10.6 Å². The van der Waals surface area contributed by atoms with Gasteiger partial charge in [0.05, 0.1) is 0 Å². The fraction of sp³-hybridized carbons (Fsp3) is 0.462. The summed E-state index contributed by atoms with van der Waals surface area (Å²) in [6.45, 7) is 1.08. The first-order valence-corrected chi connectivity index (χ1v) is 6.12. The van der Waals surface area contributed by atoms with Crippen molar-refractivity contribution in [3.63, 3.8) is 0 Å². The number of hydrogen-bond acceptors (Lipinski definition) is 2. The van der Waals surface area contributed by atoms with E-state index in [2.05, 4.69) is 10.6 Å². The highest BCUT2D eigenvalue weighted by atomic mass is 19.4. The van der Waals surface area contributed by atoms with Crippen molar-refractivity contribution in [1.29, 1.82) is 0 Å². The summed E-state index contributed by atoms with van der Waals surface area (Å²) in [6, 6.07) is 8.77. The molecule has 1 aromatic carbocycles. The van der Waals surface area contributed by atoms with Crippen LogP contribution in [0.5, 0.6) is 0 Å². The summed E-state index contributed by atoms with van der Waals surface area (Å²) in [5.74, 6) is -1.96. The lowest BCUT2D eigenvalue weighted by Gasteiger charge is -2.33. The Balaban J connectivity index is 2.11. The normalized spacial score (nSPS) is 23.9. The minimum absolute atomic E-state index is 0.0891. The summed E-state index contributed by atoms with van der Waals surface area (Å²) < 4.78 is 36.9. The molecule has 2 atom stereocenters. The van der Waals surface area contributed by atoms with Crippen LogP contribution >= 0.6 is 0 Å². The van der Waals surface area contributed by atoms with Crippen LogP contribution in [0.4, 0.5) is 13.2 Å². The van der Waals surface area contributed by atoms with E-state index in [9.17, 15) is 18.0 Å². The maximum Gasteiger partial charge on any atom is 0.471 e. The van der Waals surface area contributed by atoms with E-state index in [1.807, 2.05) is 30.3 Å². The summed E-state index contributed by atoms with van der Waals surface area (Å²) >= 11 is 0. The van der Waals surface area contributed by atoms with E-state index < -0.39 is 18.1 Å². The van der Waals surface area contributed by atoms with Crippen LogP contribution in [0, 0.1) is 0 Å². The van der Waals surface area contributed by atoms with E-state index in [1.165, 1.54) is 0 Å². The van der Waals surface area contributed by atoms with E-state index in [0.717, 1.165) is 12.1 Å². The van der Waals surface area contributed by atoms with Crippen LogP contribution in [0.1, 0.15) is 17.9 Å². The first-order valence-electron chi connectivity index (χ1n) is 6.12. The third-order valence-electron chi connectivity index (χ3n) is 3.28. The number of carbonyl (C=O) groups excluding carboxylic acids is 1. The predicted molar refractivity (Wildman–Crippen MR) is 64.7 cm³/mol. The Labute approximate surface area is 109 Å². The van der Waals surface area contributed by atoms with Gasteiger partial charge in [0.1, 0.15) is 0 Å². The SMILES string of the molecule is O=C(N[C@H]1CNCC[C@H]1c1ccccc1)C(F)(F)F. The van der Waals surface area contributed by atoms with Crippen molar-refractivity contribution < 1.29 is 18.0 Å². The Morgan fingerprint density at radius 1 is 1.26 bits per heavy atom. The number of rotatable bonds is 2. The molecule has 1 aliphatic rings. The first kappa shape index (κ1) is 13.9. The molecule has 2 N–H and O–H groups in total. The maximum atomic E-state index is 12.3. The van der Waals surface area contributed by atoms with Crippen molar-refractivity contribution in [1.82, 2.24) is 10.6 Å². The molecule has 0 aromatic heterocycles. The minimum Gasteiger partial charge on any atom is -0.344 e. The zero-order valence-corrected chi connectivity index (χ0v) is 10.2. The van der Waals surface area contributed by atoms with Gasteiger partial charge in [0, 0.05) is 18.5 Å². The van der Waals surface area contributed by atoms with Crippen LogP contribution in [0.3, 0.4) is 0 Å². The van der Waals surface area contributed by atoms with Gasteiger partial charge in [-0.3, -0.25) is 4.79 Å². The molecule has 1 aromatic rings. The molecule has 6 heteroatoms. The number of benzene rings is 1. The van der Waals surface area contributed by atoms with Crippen molar-refractivity contribution in [3.8, 4) is 0 Å². The number of piperidine rings is 1. The lowest BCUT2D eigenvalue weighted by Crippen LogP contribution is -2.53. The van der Waals surface area contributed by atoms with Crippen LogP contribution in [-0.4, -0.2) is 31.2 Å². The van der Waals surface area contributed by atoms with Crippen LogP contribution in [-0.2, 0) is 4.79 Å². The summed E-state index contributed by atoms with van der Waals surface area (Å²) in [5, 5.41) is 5.09. The number of carbonyl (C=O) groups is 1. The zero-order chi connectivity index (χ0) is 13.9. The van der Waals surface area contributed by atoms with Gasteiger partial charge in [0.25, 0.3) is 0 Å². The van der Waals surface area contributed by atoms with Crippen molar-refractivity contribution in [2.45, 2.75) is 24.6 Å². The molecular weight excluding hydrogens is 257 g/mol. The number of halogens is 3. The van der Waals surface area contributed by atoms with Gasteiger partial charge in [-0.2, -0.15) is 13.2 Å². The van der Waals surface area contributed by atoms with E-state index in [1.54, 1.807) is 0 Å². The maximum absolute atomic E-state index is 12.3. The van der Waals surface area contributed by atoms with Gasteiger partial charge in [-0.25, -0.2) is 0 Å². The van der Waals surface area contributed by atoms with Crippen LogP contribution in [0.15, 0.2) is 30.3 Å². The summed E-state index contributed by atoms with van der Waals surface area (Å²) in [5.41, 5.74) is 0.955. The van der Waals surface area contributed by atoms with Gasteiger partial charge in [-0.05, 0) is 18.5 Å². The van der Waals surface area contributed by atoms with Gasteiger partial charge >= 0.3 is 12.1 Å². The van der Waals surface area contributed by atoms with Gasteiger partial charge < -0.3 is 10.6 Å². The van der Waals surface area contributed by atoms with E-state index in [-0.39, 0.29) is 5.92 Å². The molecule has 19 heavy (non-hydrogen) atoms. The van der Waals surface area contributed by atoms with Crippen molar-refractivity contribution >= 4 is 5.91 Å². The molecule has 1 saturated heterocycles. The van der Waals surface area contributed by atoms with E-state index in [4.69, 9.17) is 0 Å². The highest BCUT2D eigenvalue weighted by molar-refractivity contribution is 5.82. The Hall–Kier alpha value is -1.56. The minimum atomic E-state index is -4.83. The molecule has 104 valence electrons. The molecule has 1 amide bonds. The number of amides is 1. The molecule has 1 aliphatic heterocycles. The van der Waals surface area contributed by atoms with Crippen LogP contribution in [0.2, 0.25) is 0 Å². The highest BCUT2D eigenvalue weighted by Gasteiger charge is 2.41. The fourth-order valence-corrected chi connectivity index (χ4v) is 2.36. The van der Waals surface area contributed by atoms with Crippen molar-refractivity contribution in [2.24, 2.45) is 0 Å². The molecule has 1 fully saturated rings. The number of alkyl halides is 3. The van der Waals surface area contributed by atoms with Crippen molar-refractivity contribution in [3.05, 3.63) is 35.9 Å². The monoisotopic (exact) mass is 272 g/mol. The molecule has 0 bridgehead atoms. The second kappa shape index (κ2) is 5.61. The molecule has 0 radical (unpaired) electrons. The molecule has 0 saturated carbocycles. The van der Waals surface area contributed by atoms with Gasteiger partial charge in [0.15, 0.2) is 0 Å². The van der Waals surface area contributed by atoms with Crippen molar-refractivity contribution in [2.75, 3.05) is 13.1 Å². The second-order valence-corrected chi connectivity index (χ2v) is 4.59. The second-order valence-electron chi connectivity index (χ2n) is 4.59. The predicted octanol–water partition coefficient (Wildman–Crippen LogP) is 1.81. The quantitative estimate of drug-likeness (QED) is 0.862. The zero-order valence-electron chi connectivity index (χ0n) is 10.2. The fourth-order valence-electron chi connectivity index (χ4n) is 2.36. The Morgan fingerprint density at radius 2 is 1.95 bits per heavy atom. The average molecular weight is 272 g/mol. The topological polar surface area (TPSA) is 41.1 Å². The third-order valence-corrected chi connectivity index (χ3v) is 3.28. The molecule has 2 rings (SSSR count). The molecule has 1 heterocycles. The molecule has 3 nitrogen and oxygen atoms in total. The smallest absolute Gasteiger partial charge is 0.344 e. The Morgan fingerprint density at radius 3 is 2.58 bits per heavy atom. The van der Waals surface area contributed by atoms with Gasteiger partial charge in [-0.15, -0.1) is 0 Å². The molecule has 0 unspecified atom stereocenters. The van der Waals surface area contributed by atoms with E-state index >= 15 is 0 Å². The first-order chi connectivity index (χ1) is 8.98. The number of hydrogen-bond donors (Lipinski definition) is 2. The summed E-state index contributed by atoms with van der Waals surface area (Å²) in [4.78, 5) is 11.0. The summed E-state index contributed by atoms with van der Waals surface area (Å²) in [6.07, 6.45) is -4.13. The largest absolute Gasteiger partial charge is 0.471 e. The van der Waals surface area contributed by atoms with Gasteiger partial charge in [-0.1, -0.05) is 30.3 Å². The van der Waals surface area contributed by atoms with Gasteiger partial charge in [0.2, 0.25) is 0 Å². The molecule has 0 aliphatic carbocycles. The average Bonchev–Trinajstić information content (AvgIpc) is 2.39. The lowest BCUT2D eigenvalue weighted by atomic mass is 9.86. The lowest BCUT2D eigenvalue weighted by molar-refractivity contribution is -0.174. The number of nitrogens with one attached hydrogen (secondary N) is 2. The van der Waals surface area contributed by atoms with E-state index in [0.29, 0.717) is 13.0 Å².